The number of carbonyl (C=O) groups excluding carboxylic acids is 2. The Hall–Kier alpha value is -3.93. The molecule has 0 saturated heterocycles. The van der Waals surface area contributed by atoms with E-state index in [2.05, 4.69) is 0 Å². The van der Waals surface area contributed by atoms with E-state index < -0.39 is 5.82 Å². The molecule has 0 unspecified atom stereocenters. The lowest BCUT2D eigenvalue weighted by Crippen LogP contribution is -2.11. The molecule has 156 valence electrons. The first-order valence-corrected chi connectivity index (χ1v) is 9.76. The zero-order chi connectivity index (χ0) is 21.8. The van der Waals surface area contributed by atoms with Crippen LogP contribution < -0.4 is 14.2 Å². The van der Waals surface area contributed by atoms with Crippen molar-refractivity contribution in [3.8, 4) is 17.2 Å². The summed E-state index contributed by atoms with van der Waals surface area (Å²) in [6, 6.07) is 17.4. The highest BCUT2D eigenvalue weighted by molar-refractivity contribution is 6.14. The Kier molecular flexibility index (Phi) is 5.80. The van der Waals surface area contributed by atoms with Crippen molar-refractivity contribution >= 4 is 17.6 Å². The summed E-state index contributed by atoms with van der Waals surface area (Å²) in [5.41, 5.74) is 1.59. The highest BCUT2D eigenvalue weighted by Gasteiger charge is 2.27. The van der Waals surface area contributed by atoms with Crippen LogP contribution in [0, 0.1) is 5.82 Å². The van der Waals surface area contributed by atoms with Crippen molar-refractivity contribution in [1.82, 2.24) is 0 Å². The quantitative estimate of drug-likeness (QED) is 0.395. The maximum absolute atomic E-state index is 13.0. The molecule has 0 amide bonds. The van der Waals surface area contributed by atoms with E-state index >= 15 is 0 Å². The summed E-state index contributed by atoms with van der Waals surface area (Å²) in [5, 5.41) is 0. The fourth-order valence-corrected chi connectivity index (χ4v) is 3.10. The monoisotopic (exact) mass is 418 g/mol. The van der Waals surface area contributed by atoms with Gasteiger partial charge in [-0.3, -0.25) is 9.59 Å². The largest absolute Gasteiger partial charge is 0.494 e. The van der Waals surface area contributed by atoms with E-state index in [1.807, 2.05) is 31.2 Å². The molecule has 0 bridgehead atoms. The molecule has 1 heterocycles. The third-order valence-corrected chi connectivity index (χ3v) is 4.67. The van der Waals surface area contributed by atoms with Crippen molar-refractivity contribution < 1.29 is 28.2 Å². The van der Waals surface area contributed by atoms with Gasteiger partial charge in [0, 0.05) is 11.6 Å². The molecule has 0 aromatic heterocycles. The topological polar surface area (TPSA) is 61.8 Å². The fraction of sp³-hybridized carbons (Fsp3) is 0.120. The lowest BCUT2D eigenvalue weighted by Gasteiger charge is -2.07. The van der Waals surface area contributed by atoms with Gasteiger partial charge in [-0.05, 0) is 67.1 Å². The first kappa shape index (κ1) is 20.3. The number of ether oxygens (including phenoxy) is 3. The van der Waals surface area contributed by atoms with Gasteiger partial charge in [0.25, 0.3) is 0 Å². The molecule has 0 radical (unpaired) electrons. The summed E-state index contributed by atoms with van der Waals surface area (Å²) in [6.07, 6.45) is 1.66. The molecule has 1 aliphatic heterocycles. The maximum atomic E-state index is 13.0. The predicted octanol–water partition coefficient (Wildman–Crippen LogP) is 5.10. The van der Waals surface area contributed by atoms with Crippen LogP contribution in [0.4, 0.5) is 4.39 Å². The molecular formula is C25H19FO5. The van der Waals surface area contributed by atoms with Gasteiger partial charge in [0.2, 0.25) is 5.78 Å². The van der Waals surface area contributed by atoms with Gasteiger partial charge in [0.1, 0.15) is 23.1 Å². The van der Waals surface area contributed by atoms with Crippen LogP contribution >= 0.6 is 0 Å². The number of benzene rings is 3. The Labute approximate surface area is 178 Å². The summed E-state index contributed by atoms with van der Waals surface area (Å²) in [6.45, 7) is 2.28. The highest BCUT2D eigenvalue weighted by Crippen LogP contribution is 2.35. The van der Waals surface area contributed by atoms with E-state index in [-0.39, 0.29) is 23.9 Å². The SMILES string of the molecule is CCOc1ccc(C=C2Oc3cc(OCC(=O)c4ccc(F)cc4)ccc3C2=O)cc1. The van der Waals surface area contributed by atoms with Gasteiger partial charge in [0.15, 0.2) is 18.1 Å². The second-order valence-corrected chi connectivity index (χ2v) is 6.82. The lowest BCUT2D eigenvalue weighted by atomic mass is 10.1. The molecule has 6 heteroatoms. The summed E-state index contributed by atoms with van der Waals surface area (Å²) in [7, 11) is 0. The molecule has 1 aliphatic rings. The minimum Gasteiger partial charge on any atom is -0.494 e. The molecule has 4 rings (SSSR count). The average molecular weight is 418 g/mol. The smallest absolute Gasteiger partial charge is 0.231 e. The number of carbonyl (C=O) groups is 2. The highest BCUT2D eigenvalue weighted by atomic mass is 19.1. The third-order valence-electron chi connectivity index (χ3n) is 4.67. The predicted molar refractivity (Wildman–Crippen MR) is 113 cm³/mol. The van der Waals surface area contributed by atoms with Crippen LogP contribution in [0.5, 0.6) is 17.2 Å². The Balaban J connectivity index is 1.44. The fourth-order valence-electron chi connectivity index (χ4n) is 3.10. The molecule has 3 aromatic rings. The van der Waals surface area contributed by atoms with E-state index in [1.54, 1.807) is 24.3 Å². The molecule has 0 spiro atoms. The molecular weight excluding hydrogens is 399 g/mol. The van der Waals surface area contributed by atoms with Gasteiger partial charge in [-0.25, -0.2) is 4.39 Å². The summed E-state index contributed by atoms with van der Waals surface area (Å²) in [4.78, 5) is 24.8. The molecule has 5 nitrogen and oxygen atoms in total. The van der Waals surface area contributed by atoms with Crippen molar-refractivity contribution in [1.29, 1.82) is 0 Å². The van der Waals surface area contributed by atoms with Gasteiger partial charge in [0.05, 0.1) is 12.2 Å². The van der Waals surface area contributed by atoms with Crippen LogP contribution in [0.25, 0.3) is 6.08 Å². The molecule has 0 atom stereocenters. The number of hydrogen-bond donors (Lipinski definition) is 0. The molecule has 0 fully saturated rings. The van der Waals surface area contributed by atoms with Crippen LogP contribution in [-0.4, -0.2) is 24.8 Å². The van der Waals surface area contributed by atoms with E-state index in [0.29, 0.717) is 29.2 Å². The Morgan fingerprint density at radius 3 is 2.39 bits per heavy atom. The van der Waals surface area contributed by atoms with Crippen LogP contribution in [0.15, 0.2) is 72.5 Å². The molecule has 3 aromatic carbocycles. The maximum Gasteiger partial charge on any atom is 0.231 e. The zero-order valence-electron chi connectivity index (χ0n) is 16.8. The van der Waals surface area contributed by atoms with E-state index in [4.69, 9.17) is 14.2 Å². The summed E-state index contributed by atoms with van der Waals surface area (Å²) >= 11 is 0. The van der Waals surface area contributed by atoms with Gasteiger partial charge in [-0.15, -0.1) is 0 Å². The van der Waals surface area contributed by atoms with E-state index in [1.165, 1.54) is 24.3 Å². The standard InChI is InChI=1S/C25H19FO5/c1-2-29-19-9-3-16(4-10-19)13-24-25(28)21-12-11-20(14-23(21)31-24)30-15-22(27)17-5-7-18(26)8-6-17/h3-14H,2,15H2,1H3. The van der Waals surface area contributed by atoms with Crippen LogP contribution in [0.1, 0.15) is 33.2 Å². The molecule has 0 saturated carbocycles. The van der Waals surface area contributed by atoms with Crippen LogP contribution in [0.3, 0.4) is 0 Å². The Morgan fingerprint density at radius 1 is 0.968 bits per heavy atom. The van der Waals surface area contributed by atoms with Gasteiger partial charge in [-0.1, -0.05) is 12.1 Å². The number of ketones is 2. The number of hydrogen-bond acceptors (Lipinski definition) is 5. The zero-order valence-corrected chi connectivity index (χ0v) is 16.8. The van der Waals surface area contributed by atoms with E-state index in [9.17, 15) is 14.0 Å². The molecule has 0 N–H and O–H groups in total. The van der Waals surface area contributed by atoms with Crippen LogP contribution in [0.2, 0.25) is 0 Å². The van der Waals surface area contributed by atoms with Crippen LogP contribution in [-0.2, 0) is 0 Å². The number of Topliss-reactive ketones (excluding diaryl/α,β-unsaturated/α-hetero) is 2. The minimum atomic E-state index is -0.410. The van der Waals surface area contributed by atoms with Gasteiger partial charge < -0.3 is 14.2 Å². The summed E-state index contributed by atoms with van der Waals surface area (Å²) < 4.78 is 29.7. The average Bonchev–Trinajstić information content (AvgIpc) is 3.08. The van der Waals surface area contributed by atoms with Crippen molar-refractivity contribution in [3.05, 3.63) is 95.0 Å². The van der Waals surface area contributed by atoms with Crippen molar-refractivity contribution in [3.63, 3.8) is 0 Å². The molecule has 31 heavy (non-hydrogen) atoms. The number of fused-ring (bicyclic) bond motifs is 1. The second-order valence-electron chi connectivity index (χ2n) is 6.82. The lowest BCUT2D eigenvalue weighted by molar-refractivity contribution is 0.0920. The third kappa shape index (κ3) is 4.64. The Morgan fingerprint density at radius 2 is 1.68 bits per heavy atom. The number of rotatable bonds is 7. The minimum absolute atomic E-state index is 0.207. The number of allylic oxidation sites excluding steroid dienone is 1. The van der Waals surface area contributed by atoms with E-state index in [0.717, 1.165) is 11.3 Å². The molecule has 0 aliphatic carbocycles. The van der Waals surface area contributed by atoms with Crippen molar-refractivity contribution in [2.24, 2.45) is 0 Å². The van der Waals surface area contributed by atoms with Gasteiger partial charge in [-0.2, -0.15) is 0 Å². The first-order valence-electron chi connectivity index (χ1n) is 9.76. The van der Waals surface area contributed by atoms with Crippen molar-refractivity contribution in [2.75, 3.05) is 13.2 Å². The normalized spacial score (nSPS) is 13.6. The second kappa shape index (κ2) is 8.83. The summed E-state index contributed by atoms with van der Waals surface area (Å²) in [5.74, 6) is 0.805. The first-order chi connectivity index (χ1) is 15.0. The van der Waals surface area contributed by atoms with Crippen molar-refractivity contribution in [2.45, 2.75) is 6.92 Å². The number of halogens is 1. The Bertz CT molecular complexity index is 1150. The van der Waals surface area contributed by atoms with Gasteiger partial charge >= 0.3 is 0 Å².